The smallest absolute Gasteiger partial charge is 0.214 e. The van der Waals surface area contributed by atoms with E-state index in [9.17, 15) is 0 Å². The molecule has 5 nitrogen and oxygen atoms in total. The molecule has 3 aliphatic rings. The summed E-state index contributed by atoms with van der Waals surface area (Å²) in [6.45, 7) is 1.76. The lowest BCUT2D eigenvalue weighted by Gasteiger charge is -2.48. The summed E-state index contributed by atoms with van der Waals surface area (Å²) < 4.78 is 21.9. The van der Waals surface area contributed by atoms with Gasteiger partial charge in [-0.3, -0.25) is 0 Å². The molecular formula is C31H30Cl3NO4. The summed E-state index contributed by atoms with van der Waals surface area (Å²) in [5, 5.41) is 0. The lowest BCUT2D eigenvalue weighted by molar-refractivity contribution is 0.171. The zero-order valence-corrected chi connectivity index (χ0v) is 24.2. The van der Waals surface area contributed by atoms with Crippen LogP contribution in [0.3, 0.4) is 0 Å². The monoisotopic (exact) mass is 585 g/mol. The Bertz CT molecular complexity index is 1420. The second-order valence-corrected chi connectivity index (χ2v) is 12.3. The van der Waals surface area contributed by atoms with Gasteiger partial charge in [0.15, 0.2) is 23.0 Å². The van der Waals surface area contributed by atoms with Crippen LogP contribution in [0.4, 0.5) is 0 Å². The SMILES string of the molecule is COc1ccc2c(c1OC)[C@@H](C(Cl)(Cl)Cl)N1CCc3cc4c(cc3C1=C2CCCc1ccccc1)OCCO4. The van der Waals surface area contributed by atoms with Crippen LogP contribution in [-0.4, -0.2) is 42.7 Å². The van der Waals surface area contributed by atoms with Gasteiger partial charge in [-0.2, -0.15) is 0 Å². The largest absolute Gasteiger partial charge is 0.493 e. The Hall–Kier alpha value is -2.73. The molecule has 0 aliphatic carbocycles. The predicted octanol–water partition coefficient (Wildman–Crippen LogP) is 7.65. The number of alkyl halides is 3. The molecular weight excluding hydrogens is 557 g/mol. The van der Waals surface area contributed by atoms with E-state index in [0.717, 1.165) is 59.6 Å². The van der Waals surface area contributed by atoms with Crippen LogP contribution in [0.5, 0.6) is 23.0 Å². The van der Waals surface area contributed by atoms with Gasteiger partial charge >= 0.3 is 0 Å². The molecule has 3 aromatic rings. The van der Waals surface area contributed by atoms with E-state index in [2.05, 4.69) is 47.4 Å². The summed E-state index contributed by atoms with van der Waals surface area (Å²) in [7, 11) is 3.26. The van der Waals surface area contributed by atoms with Crippen LogP contribution in [0.2, 0.25) is 0 Å². The van der Waals surface area contributed by atoms with E-state index in [4.69, 9.17) is 53.8 Å². The molecule has 8 heteroatoms. The fourth-order valence-electron chi connectivity index (χ4n) is 6.14. The number of rotatable bonds is 6. The standard InChI is InChI=1S/C31H30Cl3NO4/c1-36-24-12-11-21-22(10-6-9-19-7-4-3-5-8-19)28-23-18-26-25(38-15-16-39-26)17-20(23)13-14-35(28)30(31(32,33)34)27(21)29(24)37-2/h3-5,7-8,11-12,17-18,30H,6,9-10,13-16H2,1-2H3/t30-/m0/s1. The minimum atomic E-state index is -1.62. The van der Waals surface area contributed by atoms with Crippen LogP contribution in [0, 0.1) is 0 Å². The first-order chi connectivity index (χ1) is 18.9. The predicted molar refractivity (Wildman–Crippen MR) is 157 cm³/mol. The molecule has 0 saturated carbocycles. The molecule has 0 unspecified atom stereocenters. The Kier molecular flexibility index (Phi) is 7.26. The second kappa shape index (κ2) is 10.7. The van der Waals surface area contributed by atoms with Gasteiger partial charge < -0.3 is 23.8 Å². The molecule has 6 rings (SSSR count). The highest BCUT2D eigenvalue weighted by Crippen LogP contribution is 2.58. The van der Waals surface area contributed by atoms with Crippen molar-refractivity contribution in [1.29, 1.82) is 0 Å². The topological polar surface area (TPSA) is 40.2 Å². The Labute approximate surface area is 244 Å². The van der Waals surface area contributed by atoms with E-state index in [-0.39, 0.29) is 0 Å². The lowest BCUT2D eigenvalue weighted by atomic mass is 9.80. The summed E-state index contributed by atoms with van der Waals surface area (Å²) in [5.41, 5.74) is 7.76. The third kappa shape index (κ3) is 4.79. The summed E-state index contributed by atoms with van der Waals surface area (Å²) in [5.74, 6) is 2.75. The van der Waals surface area contributed by atoms with Gasteiger partial charge in [0.05, 0.1) is 14.2 Å². The molecule has 0 aromatic heterocycles. The van der Waals surface area contributed by atoms with Crippen LogP contribution in [0.15, 0.2) is 54.6 Å². The van der Waals surface area contributed by atoms with Crippen molar-refractivity contribution in [2.75, 3.05) is 34.0 Å². The van der Waals surface area contributed by atoms with E-state index in [0.29, 0.717) is 31.3 Å². The second-order valence-electron chi connectivity index (χ2n) is 9.97. The van der Waals surface area contributed by atoms with Crippen molar-refractivity contribution in [1.82, 2.24) is 4.90 Å². The number of ether oxygens (including phenoxy) is 4. The third-order valence-electron chi connectivity index (χ3n) is 7.76. The normalized spacial score (nSPS) is 17.8. The van der Waals surface area contributed by atoms with Crippen LogP contribution in [0.1, 0.15) is 46.7 Å². The van der Waals surface area contributed by atoms with E-state index < -0.39 is 9.83 Å². The number of allylic oxidation sites excluding steroid dienone is 1. The summed E-state index contributed by atoms with van der Waals surface area (Å²) in [6, 6.07) is 18.2. The first-order valence-corrected chi connectivity index (χ1v) is 14.3. The molecule has 0 bridgehead atoms. The average molecular weight is 587 g/mol. The minimum absolute atomic E-state index is 0.523. The molecule has 0 spiro atoms. The zero-order valence-electron chi connectivity index (χ0n) is 21.9. The van der Waals surface area contributed by atoms with Gasteiger partial charge in [0.1, 0.15) is 19.3 Å². The number of nitrogens with zero attached hydrogens (tertiary/aromatic N) is 1. The maximum Gasteiger partial charge on any atom is 0.214 e. The van der Waals surface area contributed by atoms with Gasteiger partial charge in [-0.25, -0.2) is 0 Å². The van der Waals surface area contributed by atoms with Gasteiger partial charge in [0.2, 0.25) is 3.79 Å². The maximum atomic E-state index is 6.78. The van der Waals surface area contributed by atoms with Crippen molar-refractivity contribution >= 4 is 46.1 Å². The van der Waals surface area contributed by atoms with E-state index in [1.54, 1.807) is 14.2 Å². The van der Waals surface area contributed by atoms with Crippen LogP contribution >= 0.6 is 34.8 Å². The van der Waals surface area contributed by atoms with Crippen molar-refractivity contribution < 1.29 is 18.9 Å². The molecule has 3 aromatic carbocycles. The molecule has 0 fully saturated rings. The Balaban J connectivity index is 1.56. The fraction of sp³-hybridized carbons (Fsp3) is 0.355. The van der Waals surface area contributed by atoms with Gasteiger partial charge in [0.25, 0.3) is 0 Å². The highest BCUT2D eigenvalue weighted by Gasteiger charge is 2.48. The molecule has 204 valence electrons. The van der Waals surface area contributed by atoms with Gasteiger partial charge in [-0.1, -0.05) is 71.2 Å². The maximum absolute atomic E-state index is 6.78. The molecule has 39 heavy (non-hydrogen) atoms. The molecule has 3 aliphatic heterocycles. The van der Waals surface area contributed by atoms with Crippen LogP contribution in [0.25, 0.3) is 11.3 Å². The summed E-state index contributed by atoms with van der Waals surface area (Å²) in [4.78, 5) is 2.24. The van der Waals surface area contributed by atoms with Gasteiger partial charge in [0, 0.05) is 23.4 Å². The van der Waals surface area contributed by atoms with Crippen molar-refractivity contribution in [3.05, 3.63) is 82.4 Å². The van der Waals surface area contributed by atoms with E-state index >= 15 is 0 Å². The van der Waals surface area contributed by atoms with Crippen molar-refractivity contribution in [3.8, 4) is 23.0 Å². The first-order valence-electron chi connectivity index (χ1n) is 13.2. The Morgan fingerprint density at radius 1 is 0.897 bits per heavy atom. The number of methoxy groups -OCH3 is 2. The lowest BCUT2D eigenvalue weighted by Crippen LogP contribution is -2.42. The number of aryl methyl sites for hydroxylation is 1. The van der Waals surface area contributed by atoms with Crippen molar-refractivity contribution in [2.24, 2.45) is 0 Å². The van der Waals surface area contributed by atoms with Gasteiger partial charge in [-0.15, -0.1) is 0 Å². The first kappa shape index (κ1) is 26.5. The number of benzene rings is 3. The number of hydrogen-bond acceptors (Lipinski definition) is 5. The Morgan fingerprint density at radius 3 is 2.33 bits per heavy atom. The number of halogens is 3. The number of hydrogen-bond donors (Lipinski definition) is 0. The van der Waals surface area contributed by atoms with E-state index in [1.807, 2.05) is 12.1 Å². The zero-order chi connectivity index (χ0) is 27.1. The number of fused-ring (bicyclic) bond motifs is 5. The van der Waals surface area contributed by atoms with Crippen LogP contribution < -0.4 is 18.9 Å². The quantitative estimate of drug-likeness (QED) is 0.278. The Morgan fingerprint density at radius 2 is 1.64 bits per heavy atom. The molecule has 0 saturated heterocycles. The van der Waals surface area contributed by atoms with Crippen LogP contribution in [-0.2, 0) is 12.8 Å². The summed E-state index contributed by atoms with van der Waals surface area (Å²) in [6.07, 6.45) is 3.54. The van der Waals surface area contributed by atoms with Crippen molar-refractivity contribution in [3.63, 3.8) is 0 Å². The highest BCUT2D eigenvalue weighted by molar-refractivity contribution is 6.68. The molecule has 0 radical (unpaired) electrons. The third-order valence-corrected chi connectivity index (χ3v) is 8.38. The minimum Gasteiger partial charge on any atom is -0.493 e. The average Bonchev–Trinajstić information content (AvgIpc) is 2.94. The highest BCUT2D eigenvalue weighted by atomic mass is 35.6. The molecule has 3 heterocycles. The summed E-state index contributed by atoms with van der Waals surface area (Å²) >= 11 is 20.4. The van der Waals surface area contributed by atoms with Gasteiger partial charge in [-0.05, 0) is 66.1 Å². The molecule has 0 N–H and O–H groups in total. The molecule has 0 amide bonds. The van der Waals surface area contributed by atoms with E-state index in [1.165, 1.54) is 16.7 Å². The molecule has 1 atom stereocenters. The van der Waals surface area contributed by atoms with Crippen molar-refractivity contribution in [2.45, 2.75) is 35.5 Å². The fourth-order valence-corrected chi connectivity index (χ4v) is 6.82.